The van der Waals surface area contributed by atoms with Gasteiger partial charge < -0.3 is 15.0 Å². The molecule has 37 heavy (non-hydrogen) atoms. The van der Waals surface area contributed by atoms with Crippen LogP contribution in [-0.4, -0.2) is 46.9 Å². The summed E-state index contributed by atoms with van der Waals surface area (Å²) in [5.74, 6) is 0.466. The summed E-state index contributed by atoms with van der Waals surface area (Å²) in [7, 11) is 1.74. The topological polar surface area (TPSA) is 108 Å². The summed E-state index contributed by atoms with van der Waals surface area (Å²) in [6, 6.07) is 11.6. The molecule has 3 heterocycles. The van der Waals surface area contributed by atoms with Crippen LogP contribution < -0.4 is 10.1 Å². The number of benzene rings is 1. The predicted octanol–water partition coefficient (Wildman–Crippen LogP) is 4.86. The fourth-order valence-electron chi connectivity index (χ4n) is 3.75. The third-order valence-corrected chi connectivity index (χ3v) is 5.64. The van der Waals surface area contributed by atoms with Crippen molar-refractivity contribution in [1.82, 2.24) is 14.9 Å². The van der Waals surface area contributed by atoms with Crippen molar-refractivity contribution >= 4 is 18.0 Å². The number of alkyl halides is 3. The van der Waals surface area contributed by atoms with Gasteiger partial charge in [0.2, 0.25) is 5.88 Å². The summed E-state index contributed by atoms with van der Waals surface area (Å²) in [5.41, 5.74) is 3.67. The number of nitrogens with zero attached hydrogens (tertiary/aromatic N) is 4. The highest BCUT2D eigenvalue weighted by Gasteiger charge is 2.34. The monoisotopic (exact) mass is 511 g/mol. The number of rotatable bonds is 6. The van der Waals surface area contributed by atoms with E-state index in [9.17, 15) is 22.8 Å². The number of carbonyl (C=O) groups is 2. The van der Waals surface area contributed by atoms with Gasteiger partial charge in [-0.3, -0.25) is 9.59 Å². The van der Waals surface area contributed by atoms with Crippen molar-refractivity contribution in [2.24, 2.45) is 0 Å². The Kier molecular flexibility index (Phi) is 8.45. The average Bonchev–Trinajstić information content (AvgIpc) is 3.23. The van der Waals surface area contributed by atoms with E-state index < -0.39 is 12.8 Å². The Morgan fingerprint density at radius 3 is 2.65 bits per heavy atom. The number of carbonyl (C=O) groups excluding carboxylic acids is 2. The summed E-state index contributed by atoms with van der Waals surface area (Å²) in [6.07, 6.45) is -0.681. The van der Waals surface area contributed by atoms with Crippen LogP contribution in [0.25, 0.3) is 0 Å². The first-order valence-corrected chi connectivity index (χ1v) is 11.2. The molecule has 1 amide bonds. The first-order chi connectivity index (χ1) is 17.6. The van der Waals surface area contributed by atoms with E-state index in [2.05, 4.69) is 15.3 Å². The van der Waals surface area contributed by atoms with Crippen LogP contribution in [0, 0.1) is 18.3 Å². The molecule has 0 fully saturated rings. The van der Waals surface area contributed by atoms with Gasteiger partial charge in [0, 0.05) is 41.7 Å². The maximum Gasteiger partial charge on any atom is 0.422 e. The van der Waals surface area contributed by atoms with Gasteiger partial charge in [0.05, 0.1) is 24.2 Å². The maximum atomic E-state index is 12.7. The van der Waals surface area contributed by atoms with E-state index in [0.29, 0.717) is 40.2 Å². The summed E-state index contributed by atoms with van der Waals surface area (Å²) >= 11 is 0. The molecule has 1 aliphatic heterocycles. The number of amides is 1. The lowest BCUT2D eigenvalue weighted by atomic mass is 10.1. The van der Waals surface area contributed by atoms with Crippen molar-refractivity contribution in [3.63, 3.8) is 0 Å². The van der Waals surface area contributed by atoms with Crippen molar-refractivity contribution in [3.8, 4) is 11.9 Å². The minimum Gasteiger partial charge on any atom is -0.468 e. The van der Waals surface area contributed by atoms with Crippen LogP contribution in [0.3, 0.4) is 0 Å². The molecule has 0 saturated heterocycles. The number of anilines is 1. The summed E-state index contributed by atoms with van der Waals surface area (Å²) in [5, 5.41) is 11.4. The second kappa shape index (κ2) is 11.5. The number of aromatic nitrogens is 2. The van der Waals surface area contributed by atoms with Crippen molar-refractivity contribution in [2.75, 3.05) is 19.0 Å². The number of nitrogens with one attached hydrogen (secondary N) is 1. The van der Waals surface area contributed by atoms with Crippen LogP contribution in [0.2, 0.25) is 0 Å². The number of halogens is 3. The number of nitriles is 1. The molecular weight excluding hydrogens is 487 g/mol. The van der Waals surface area contributed by atoms with E-state index >= 15 is 0 Å². The molecule has 1 aromatic carbocycles. The average molecular weight is 512 g/mol. The first kappa shape index (κ1) is 27.1. The Bertz CT molecular complexity index is 1340. The number of aryl methyl sites for hydroxylation is 1. The number of fused-ring (bicyclic) bond motifs is 1. The molecule has 192 valence electrons. The molecule has 4 rings (SSSR count). The highest BCUT2D eigenvalue weighted by atomic mass is 19.4. The van der Waals surface area contributed by atoms with Crippen molar-refractivity contribution in [1.29, 1.82) is 5.26 Å². The molecular formula is C26H24F3N5O3. The van der Waals surface area contributed by atoms with Gasteiger partial charge in [-0.1, -0.05) is 12.1 Å². The molecule has 1 aliphatic rings. The van der Waals surface area contributed by atoms with Crippen LogP contribution in [0.1, 0.15) is 55.9 Å². The van der Waals surface area contributed by atoms with Crippen LogP contribution >= 0.6 is 0 Å². The fraction of sp³-hybridized carbons (Fsp3) is 0.269. The van der Waals surface area contributed by atoms with Gasteiger partial charge in [-0.15, -0.1) is 0 Å². The molecule has 1 atom stereocenters. The van der Waals surface area contributed by atoms with Gasteiger partial charge in [0.15, 0.2) is 6.61 Å². The molecule has 11 heteroatoms. The first-order valence-electron chi connectivity index (χ1n) is 11.2. The summed E-state index contributed by atoms with van der Waals surface area (Å²) < 4.78 is 41.7. The van der Waals surface area contributed by atoms with E-state index in [0.717, 1.165) is 11.8 Å². The number of pyridine rings is 2. The van der Waals surface area contributed by atoms with E-state index in [4.69, 9.17) is 10.00 Å². The number of hydrogen-bond donors (Lipinski definition) is 1. The van der Waals surface area contributed by atoms with Gasteiger partial charge in [-0.25, -0.2) is 9.97 Å². The molecule has 0 radical (unpaired) electrons. The fourth-order valence-corrected chi connectivity index (χ4v) is 3.75. The Morgan fingerprint density at radius 1 is 1.27 bits per heavy atom. The standard InChI is InChI=1S/C18H19F3N4O2.C8H5NO/c1-10-6-12(7-24-16(10)27-9-18(19,20)21)11(2)25-8-14-13(17(25)26)4-5-23-15(14)22-3;9-5-7-2-1-3-8(4-7)6-10/h4-7,11H,8-9H2,1-3H3,(H,22,23);1-4,6H. The number of hydrogen-bond acceptors (Lipinski definition) is 7. The number of aldehydes is 1. The maximum absolute atomic E-state index is 12.7. The molecule has 1 N–H and O–H groups in total. The zero-order chi connectivity index (χ0) is 27.2. The lowest BCUT2D eigenvalue weighted by Gasteiger charge is -2.25. The van der Waals surface area contributed by atoms with E-state index in [1.54, 1.807) is 61.5 Å². The normalized spacial score (nSPS) is 13.1. The lowest BCUT2D eigenvalue weighted by Crippen LogP contribution is -2.27. The van der Waals surface area contributed by atoms with Crippen LogP contribution in [0.5, 0.6) is 5.88 Å². The molecule has 0 bridgehead atoms. The lowest BCUT2D eigenvalue weighted by molar-refractivity contribution is -0.154. The zero-order valence-electron chi connectivity index (χ0n) is 20.3. The van der Waals surface area contributed by atoms with E-state index in [-0.39, 0.29) is 17.8 Å². The predicted molar refractivity (Wildman–Crippen MR) is 129 cm³/mol. The van der Waals surface area contributed by atoms with Gasteiger partial charge in [-0.2, -0.15) is 18.4 Å². The Hall–Kier alpha value is -4.46. The van der Waals surface area contributed by atoms with Gasteiger partial charge in [-0.05, 0) is 43.7 Å². The smallest absolute Gasteiger partial charge is 0.422 e. The van der Waals surface area contributed by atoms with Gasteiger partial charge in [0.1, 0.15) is 12.1 Å². The number of ether oxygens (including phenoxy) is 1. The second-order valence-electron chi connectivity index (χ2n) is 8.19. The van der Waals surface area contributed by atoms with Crippen molar-refractivity contribution in [2.45, 2.75) is 32.6 Å². The molecule has 0 aliphatic carbocycles. The molecule has 0 saturated carbocycles. The van der Waals surface area contributed by atoms with E-state index in [1.807, 2.05) is 13.0 Å². The van der Waals surface area contributed by atoms with Crippen molar-refractivity contribution in [3.05, 3.63) is 82.2 Å². The molecule has 3 aromatic rings. The second-order valence-corrected chi connectivity index (χ2v) is 8.19. The highest BCUT2D eigenvalue weighted by Crippen LogP contribution is 2.34. The quantitative estimate of drug-likeness (QED) is 0.471. The van der Waals surface area contributed by atoms with Gasteiger partial charge >= 0.3 is 6.18 Å². The zero-order valence-corrected chi connectivity index (χ0v) is 20.3. The van der Waals surface area contributed by atoms with Crippen LogP contribution in [0.4, 0.5) is 19.0 Å². The Labute approximate surface area is 211 Å². The molecule has 8 nitrogen and oxygen atoms in total. The summed E-state index contributed by atoms with van der Waals surface area (Å²) in [4.78, 5) is 32.8. The Balaban J connectivity index is 0.000000319. The minimum atomic E-state index is -4.42. The van der Waals surface area contributed by atoms with Crippen molar-refractivity contribution < 1.29 is 27.5 Å². The molecule has 2 aromatic heterocycles. The third-order valence-electron chi connectivity index (χ3n) is 5.64. The van der Waals surface area contributed by atoms with Crippen LogP contribution in [0.15, 0.2) is 48.8 Å². The van der Waals surface area contributed by atoms with Crippen LogP contribution in [-0.2, 0) is 6.54 Å². The Morgan fingerprint density at radius 2 is 2.03 bits per heavy atom. The third kappa shape index (κ3) is 6.61. The summed E-state index contributed by atoms with van der Waals surface area (Å²) in [6.45, 7) is 2.47. The molecule has 0 spiro atoms. The highest BCUT2D eigenvalue weighted by molar-refractivity contribution is 5.99. The van der Waals surface area contributed by atoms with E-state index in [1.165, 1.54) is 6.20 Å². The SMILES string of the molecule is CNc1nccc2c1CN(C(C)c1cnc(OCC(F)(F)F)c(C)c1)C2=O.N#Cc1cccc(C=O)c1. The largest absolute Gasteiger partial charge is 0.468 e. The minimum absolute atomic E-state index is 0.0685. The molecule has 1 unspecified atom stereocenters. The van der Waals surface area contributed by atoms with Gasteiger partial charge in [0.25, 0.3) is 5.91 Å².